The van der Waals surface area contributed by atoms with Gasteiger partial charge in [0.05, 0.1) is 18.0 Å². The van der Waals surface area contributed by atoms with Crippen LogP contribution in [-0.4, -0.2) is 37.7 Å². The minimum atomic E-state index is -3.47. The fraction of sp³-hybridized carbons (Fsp3) is 0.286. The van der Waals surface area contributed by atoms with Gasteiger partial charge in [-0.3, -0.25) is 9.10 Å². The summed E-state index contributed by atoms with van der Waals surface area (Å²) < 4.78 is 30.0. The summed E-state index contributed by atoms with van der Waals surface area (Å²) in [5.41, 5.74) is 8.12. The van der Waals surface area contributed by atoms with Gasteiger partial charge in [0.2, 0.25) is 21.8 Å². The van der Waals surface area contributed by atoms with Crippen LogP contribution in [0.2, 0.25) is 0 Å². The van der Waals surface area contributed by atoms with Gasteiger partial charge < -0.3 is 10.2 Å². The number of rotatable bonds is 5. The maximum Gasteiger partial charge on any atom is 0.247 e. The van der Waals surface area contributed by atoms with Gasteiger partial charge >= 0.3 is 0 Å². The van der Waals surface area contributed by atoms with Gasteiger partial charge in [-0.25, -0.2) is 8.42 Å². The van der Waals surface area contributed by atoms with E-state index in [-0.39, 0.29) is 17.6 Å². The highest BCUT2D eigenvalue weighted by atomic mass is 32.2. The number of carbonyl (C=O) groups is 1. The highest BCUT2D eigenvalue weighted by Crippen LogP contribution is 2.28. The lowest BCUT2D eigenvalue weighted by atomic mass is 10.1. The zero-order chi connectivity index (χ0) is 22.5. The van der Waals surface area contributed by atoms with Gasteiger partial charge in [0.15, 0.2) is 5.78 Å². The highest BCUT2D eigenvalue weighted by molar-refractivity contribution is 7.92. The van der Waals surface area contributed by atoms with E-state index in [9.17, 15) is 13.2 Å². The van der Waals surface area contributed by atoms with E-state index in [2.05, 4.69) is 29.3 Å². The summed E-state index contributed by atoms with van der Waals surface area (Å²) in [7, 11) is -2.07. The average Bonchev–Trinajstić information content (AvgIpc) is 3.18. The quantitative estimate of drug-likeness (QED) is 0.616. The minimum absolute atomic E-state index is 0.170. The molecule has 0 unspecified atom stereocenters. The standard InChI is InChI=1S/C14H18N4O4S.C7H8/c1-8(15)13-16-17-14(22-13)11-5-10(9(2)19)6-12(7-11)18(3)23(4,20)21;1-7-5-3-2-4-6-7/h5-8H,15H2,1-4H3;2-6H,1H3/t8-;/m0./s1. The van der Waals surface area contributed by atoms with Crippen molar-refractivity contribution >= 4 is 21.5 Å². The fourth-order valence-electron chi connectivity index (χ4n) is 2.38. The number of anilines is 1. The van der Waals surface area contributed by atoms with E-state index < -0.39 is 16.1 Å². The molecular formula is C21H26N4O4S. The Labute approximate surface area is 176 Å². The maximum absolute atomic E-state index is 11.7. The Morgan fingerprint density at radius 2 is 1.77 bits per heavy atom. The summed E-state index contributed by atoms with van der Waals surface area (Å²) in [5.74, 6) is 0.219. The number of aryl methyl sites for hydroxylation is 1. The van der Waals surface area contributed by atoms with Crippen molar-refractivity contribution in [2.75, 3.05) is 17.6 Å². The molecule has 0 amide bonds. The Morgan fingerprint density at radius 1 is 1.13 bits per heavy atom. The molecule has 2 N–H and O–H groups in total. The SMILES string of the molecule is CC(=O)c1cc(-c2nnc([C@H](C)N)o2)cc(N(C)S(C)(=O)=O)c1.Cc1ccccc1. The number of Topliss-reactive ketones (excluding diaryl/α,β-unsaturated/α-hetero) is 1. The number of ketones is 1. The molecule has 0 aliphatic carbocycles. The molecule has 1 heterocycles. The van der Waals surface area contributed by atoms with E-state index in [4.69, 9.17) is 10.2 Å². The minimum Gasteiger partial charge on any atom is -0.419 e. The van der Waals surface area contributed by atoms with E-state index in [0.29, 0.717) is 16.8 Å². The van der Waals surface area contributed by atoms with Crippen LogP contribution in [-0.2, 0) is 10.0 Å². The van der Waals surface area contributed by atoms with Gasteiger partial charge in [-0.2, -0.15) is 0 Å². The molecule has 0 fully saturated rings. The number of hydrogen-bond donors (Lipinski definition) is 1. The predicted molar refractivity (Wildman–Crippen MR) is 117 cm³/mol. The number of carbonyl (C=O) groups excluding carboxylic acids is 1. The van der Waals surface area contributed by atoms with Crippen molar-refractivity contribution in [2.24, 2.45) is 5.73 Å². The van der Waals surface area contributed by atoms with Gasteiger partial charge in [0.1, 0.15) is 0 Å². The van der Waals surface area contributed by atoms with Crippen LogP contribution in [0.4, 0.5) is 5.69 Å². The van der Waals surface area contributed by atoms with E-state index in [1.54, 1.807) is 19.1 Å². The van der Waals surface area contributed by atoms with Crippen LogP contribution in [0.5, 0.6) is 0 Å². The molecule has 0 bridgehead atoms. The van der Waals surface area contributed by atoms with Crippen LogP contribution in [0.1, 0.15) is 41.7 Å². The molecule has 0 aliphatic rings. The molecule has 9 heteroatoms. The van der Waals surface area contributed by atoms with Crippen molar-refractivity contribution in [3.05, 3.63) is 65.5 Å². The maximum atomic E-state index is 11.7. The van der Waals surface area contributed by atoms with Crippen molar-refractivity contribution in [3.8, 4) is 11.5 Å². The number of benzene rings is 2. The lowest BCUT2D eigenvalue weighted by Crippen LogP contribution is -2.25. The molecule has 3 aromatic rings. The van der Waals surface area contributed by atoms with Gasteiger partial charge in [-0.15, -0.1) is 10.2 Å². The zero-order valence-electron chi connectivity index (χ0n) is 17.7. The smallest absolute Gasteiger partial charge is 0.247 e. The largest absolute Gasteiger partial charge is 0.419 e. The molecule has 0 aliphatic heterocycles. The van der Waals surface area contributed by atoms with Crippen molar-refractivity contribution in [1.29, 1.82) is 0 Å². The number of hydrogen-bond acceptors (Lipinski definition) is 7. The second-order valence-corrected chi connectivity index (χ2v) is 8.96. The molecule has 8 nitrogen and oxygen atoms in total. The van der Waals surface area contributed by atoms with Crippen LogP contribution < -0.4 is 10.0 Å². The first-order valence-electron chi connectivity index (χ1n) is 9.20. The second kappa shape index (κ2) is 9.64. The summed E-state index contributed by atoms with van der Waals surface area (Å²) in [6.07, 6.45) is 1.08. The summed E-state index contributed by atoms with van der Waals surface area (Å²) >= 11 is 0. The summed E-state index contributed by atoms with van der Waals surface area (Å²) in [6.45, 7) is 5.18. The molecule has 2 aromatic carbocycles. The van der Waals surface area contributed by atoms with E-state index >= 15 is 0 Å². The Balaban J connectivity index is 0.000000386. The zero-order valence-corrected chi connectivity index (χ0v) is 18.5. The van der Waals surface area contributed by atoms with Crippen molar-refractivity contribution < 1.29 is 17.6 Å². The number of sulfonamides is 1. The second-order valence-electron chi connectivity index (χ2n) is 6.94. The fourth-order valence-corrected chi connectivity index (χ4v) is 2.87. The average molecular weight is 431 g/mol. The molecule has 3 rings (SSSR count). The highest BCUT2D eigenvalue weighted by Gasteiger charge is 2.18. The third-order valence-electron chi connectivity index (χ3n) is 4.20. The number of aromatic nitrogens is 2. The van der Waals surface area contributed by atoms with Crippen LogP contribution >= 0.6 is 0 Å². The van der Waals surface area contributed by atoms with Crippen LogP contribution in [0.15, 0.2) is 52.9 Å². The van der Waals surface area contributed by atoms with Crippen LogP contribution in [0.25, 0.3) is 11.5 Å². The summed E-state index contributed by atoms with van der Waals surface area (Å²) in [4.78, 5) is 11.7. The molecule has 30 heavy (non-hydrogen) atoms. The van der Waals surface area contributed by atoms with Crippen LogP contribution in [0, 0.1) is 6.92 Å². The topological polar surface area (TPSA) is 119 Å². The molecule has 1 atom stereocenters. The van der Waals surface area contributed by atoms with Crippen LogP contribution in [0.3, 0.4) is 0 Å². The Morgan fingerprint density at radius 3 is 2.20 bits per heavy atom. The Bertz CT molecular complexity index is 1110. The molecular weight excluding hydrogens is 404 g/mol. The number of nitrogens with zero attached hydrogens (tertiary/aromatic N) is 3. The first-order chi connectivity index (χ1) is 14.0. The lowest BCUT2D eigenvalue weighted by Gasteiger charge is -2.18. The molecule has 0 spiro atoms. The van der Waals surface area contributed by atoms with E-state index in [1.807, 2.05) is 18.2 Å². The Kier molecular flexibility index (Phi) is 7.47. The van der Waals surface area contributed by atoms with Crippen molar-refractivity contribution in [3.63, 3.8) is 0 Å². The van der Waals surface area contributed by atoms with Gasteiger partial charge in [0, 0.05) is 18.2 Å². The monoisotopic (exact) mass is 430 g/mol. The van der Waals surface area contributed by atoms with E-state index in [0.717, 1.165) is 10.6 Å². The molecule has 0 saturated carbocycles. The molecule has 0 radical (unpaired) electrons. The van der Waals surface area contributed by atoms with Gasteiger partial charge in [-0.1, -0.05) is 35.9 Å². The number of nitrogens with two attached hydrogens (primary N) is 1. The van der Waals surface area contributed by atoms with E-state index in [1.165, 1.54) is 25.6 Å². The molecule has 0 saturated heterocycles. The first kappa shape index (κ1) is 23.2. The van der Waals surface area contributed by atoms with Gasteiger partial charge in [-0.05, 0) is 39.0 Å². The summed E-state index contributed by atoms with van der Waals surface area (Å²) in [6, 6.07) is 14.5. The molecule has 1 aromatic heterocycles. The molecule has 160 valence electrons. The van der Waals surface area contributed by atoms with Crippen molar-refractivity contribution in [1.82, 2.24) is 10.2 Å². The van der Waals surface area contributed by atoms with Gasteiger partial charge in [0.25, 0.3) is 0 Å². The lowest BCUT2D eigenvalue weighted by molar-refractivity contribution is 0.101. The summed E-state index contributed by atoms with van der Waals surface area (Å²) in [5, 5.41) is 7.73. The first-order valence-corrected chi connectivity index (χ1v) is 11.0. The van der Waals surface area contributed by atoms with Crippen molar-refractivity contribution in [2.45, 2.75) is 26.8 Å². The third-order valence-corrected chi connectivity index (χ3v) is 5.41. The Hall–Kier alpha value is -3.04. The normalized spacial score (nSPS) is 11.9. The third kappa shape index (κ3) is 6.23. The predicted octanol–water partition coefficient (Wildman–Crippen LogP) is 3.35.